The number of hydrogen-bond donors (Lipinski definition) is 2. The third kappa shape index (κ3) is 3.72. The second-order valence-corrected chi connectivity index (χ2v) is 5.52. The highest BCUT2D eigenvalue weighted by Crippen LogP contribution is 2.30. The van der Waals surface area contributed by atoms with Crippen LogP contribution in [0.15, 0.2) is 54.7 Å². The molecule has 7 nitrogen and oxygen atoms in total. The van der Waals surface area contributed by atoms with E-state index in [-0.39, 0.29) is 11.6 Å². The minimum atomic E-state index is -0.408. The summed E-state index contributed by atoms with van der Waals surface area (Å²) >= 11 is 0. The average molecular weight is 336 g/mol. The summed E-state index contributed by atoms with van der Waals surface area (Å²) in [6.07, 6.45) is 1.61. The zero-order valence-corrected chi connectivity index (χ0v) is 13.5. The molecule has 25 heavy (non-hydrogen) atoms. The largest absolute Gasteiger partial charge is 0.379 e. The molecular formula is C18H16N4O3. The Balaban J connectivity index is 1.81. The number of nitrogens with one attached hydrogen (secondary N) is 2. The van der Waals surface area contributed by atoms with Gasteiger partial charge in [-0.2, -0.15) is 0 Å². The molecule has 0 fully saturated rings. The molecule has 1 aromatic heterocycles. The van der Waals surface area contributed by atoms with E-state index >= 15 is 0 Å². The number of pyridine rings is 1. The van der Waals surface area contributed by atoms with Crippen LogP contribution in [0.2, 0.25) is 0 Å². The Morgan fingerprint density at radius 3 is 2.60 bits per heavy atom. The van der Waals surface area contributed by atoms with Crippen LogP contribution < -0.4 is 10.6 Å². The van der Waals surface area contributed by atoms with E-state index in [2.05, 4.69) is 15.6 Å². The summed E-state index contributed by atoms with van der Waals surface area (Å²) < 4.78 is 0. The van der Waals surface area contributed by atoms with Crippen molar-refractivity contribution in [3.05, 3.63) is 70.4 Å². The molecule has 2 aromatic carbocycles. The second-order valence-electron chi connectivity index (χ2n) is 5.52. The van der Waals surface area contributed by atoms with Gasteiger partial charge in [-0.25, -0.2) is 0 Å². The molecule has 3 rings (SSSR count). The smallest absolute Gasteiger partial charge is 0.278 e. The van der Waals surface area contributed by atoms with Crippen LogP contribution in [0.4, 0.5) is 17.1 Å². The number of rotatable bonds is 5. The van der Waals surface area contributed by atoms with Crippen LogP contribution in [0.25, 0.3) is 10.9 Å². The van der Waals surface area contributed by atoms with Gasteiger partial charge in [-0.1, -0.05) is 12.1 Å². The van der Waals surface area contributed by atoms with Gasteiger partial charge in [-0.3, -0.25) is 19.9 Å². The van der Waals surface area contributed by atoms with E-state index in [4.69, 9.17) is 0 Å². The van der Waals surface area contributed by atoms with Crippen molar-refractivity contribution >= 4 is 33.9 Å². The zero-order valence-electron chi connectivity index (χ0n) is 13.5. The normalized spacial score (nSPS) is 10.4. The topological polar surface area (TPSA) is 97.2 Å². The molecule has 126 valence electrons. The number of carbonyl (C=O) groups excluding carboxylic acids is 1. The van der Waals surface area contributed by atoms with E-state index in [9.17, 15) is 14.9 Å². The maximum absolute atomic E-state index is 11.1. The summed E-state index contributed by atoms with van der Waals surface area (Å²) in [5.74, 6) is -0.116. The summed E-state index contributed by atoms with van der Waals surface area (Å²) in [5, 5.41) is 17.6. The van der Waals surface area contributed by atoms with Crippen LogP contribution >= 0.6 is 0 Å². The van der Waals surface area contributed by atoms with Crippen molar-refractivity contribution in [3.63, 3.8) is 0 Å². The van der Waals surface area contributed by atoms with E-state index < -0.39 is 4.92 Å². The summed E-state index contributed by atoms with van der Waals surface area (Å²) in [7, 11) is 0. The van der Waals surface area contributed by atoms with Crippen LogP contribution in [0.3, 0.4) is 0 Å². The van der Waals surface area contributed by atoms with Crippen molar-refractivity contribution in [2.75, 3.05) is 10.6 Å². The van der Waals surface area contributed by atoms with Gasteiger partial charge in [-0.05, 0) is 35.9 Å². The fraction of sp³-hybridized carbons (Fsp3) is 0.111. The molecule has 1 heterocycles. The Bertz CT molecular complexity index is 939. The number of hydrogen-bond acceptors (Lipinski definition) is 5. The lowest BCUT2D eigenvalue weighted by Gasteiger charge is -2.10. The standard InChI is InChI=1S/C18H16N4O3/c1-12(23)21-14-6-4-13(5-7-14)11-20-16-8-9-17(22(24)25)15-3-2-10-19-18(15)16/h2-10,20H,11H2,1H3,(H,21,23). The molecule has 7 heteroatoms. The van der Waals surface area contributed by atoms with Gasteiger partial charge in [0.05, 0.1) is 16.0 Å². The van der Waals surface area contributed by atoms with Crippen molar-refractivity contribution in [3.8, 4) is 0 Å². The maximum Gasteiger partial charge on any atom is 0.278 e. The first-order chi connectivity index (χ1) is 12.0. The molecule has 2 N–H and O–H groups in total. The van der Waals surface area contributed by atoms with Crippen LogP contribution in [-0.4, -0.2) is 15.8 Å². The maximum atomic E-state index is 11.1. The molecule has 0 aliphatic heterocycles. The molecule has 0 spiro atoms. The molecule has 0 aliphatic carbocycles. The Morgan fingerprint density at radius 2 is 1.92 bits per heavy atom. The summed E-state index contributed by atoms with van der Waals surface area (Å²) in [6.45, 7) is 1.99. The molecule has 3 aromatic rings. The molecule has 0 saturated heterocycles. The van der Waals surface area contributed by atoms with E-state index in [0.29, 0.717) is 17.4 Å². The summed E-state index contributed by atoms with van der Waals surface area (Å²) in [5.41, 5.74) is 3.07. The number of non-ortho nitro benzene ring substituents is 1. The van der Waals surface area contributed by atoms with Crippen LogP contribution in [0.5, 0.6) is 0 Å². The molecule has 0 atom stereocenters. The van der Waals surface area contributed by atoms with Gasteiger partial charge in [0.1, 0.15) is 5.52 Å². The summed E-state index contributed by atoms with van der Waals surface area (Å²) in [6, 6.07) is 14.0. The summed E-state index contributed by atoms with van der Waals surface area (Å²) in [4.78, 5) is 26.0. The number of fused-ring (bicyclic) bond motifs is 1. The van der Waals surface area contributed by atoms with Gasteiger partial charge in [0, 0.05) is 31.4 Å². The average Bonchev–Trinajstić information content (AvgIpc) is 2.60. The lowest BCUT2D eigenvalue weighted by Crippen LogP contribution is -2.06. The highest BCUT2D eigenvalue weighted by atomic mass is 16.6. The zero-order chi connectivity index (χ0) is 17.8. The second kappa shape index (κ2) is 6.96. The van der Waals surface area contributed by atoms with Crippen molar-refractivity contribution in [2.45, 2.75) is 13.5 Å². The Morgan fingerprint density at radius 1 is 1.16 bits per heavy atom. The van der Waals surface area contributed by atoms with Crippen LogP contribution in [0, 0.1) is 10.1 Å². The first-order valence-corrected chi connectivity index (χ1v) is 7.67. The fourth-order valence-electron chi connectivity index (χ4n) is 2.57. The van der Waals surface area contributed by atoms with Crippen LogP contribution in [0.1, 0.15) is 12.5 Å². The number of benzene rings is 2. The van der Waals surface area contributed by atoms with E-state index in [1.807, 2.05) is 24.3 Å². The van der Waals surface area contributed by atoms with Gasteiger partial charge < -0.3 is 10.6 Å². The number of amides is 1. The highest BCUT2D eigenvalue weighted by molar-refractivity contribution is 5.96. The lowest BCUT2D eigenvalue weighted by molar-refractivity contribution is -0.383. The molecule has 0 saturated carbocycles. The van der Waals surface area contributed by atoms with Crippen molar-refractivity contribution in [1.82, 2.24) is 4.98 Å². The molecule has 0 unspecified atom stereocenters. The number of nitro groups is 1. The molecular weight excluding hydrogens is 320 g/mol. The Hall–Kier alpha value is -3.48. The fourth-order valence-corrected chi connectivity index (χ4v) is 2.57. The van der Waals surface area contributed by atoms with E-state index in [1.165, 1.54) is 13.0 Å². The molecule has 1 amide bonds. The van der Waals surface area contributed by atoms with Gasteiger partial charge in [0.25, 0.3) is 5.69 Å². The van der Waals surface area contributed by atoms with E-state index in [1.54, 1.807) is 24.4 Å². The molecule has 0 aliphatic rings. The highest BCUT2D eigenvalue weighted by Gasteiger charge is 2.14. The lowest BCUT2D eigenvalue weighted by atomic mass is 10.1. The molecule has 0 bridgehead atoms. The third-order valence-electron chi connectivity index (χ3n) is 3.70. The van der Waals surface area contributed by atoms with Crippen molar-refractivity contribution in [1.29, 1.82) is 0 Å². The van der Waals surface area contributed by atoms with E-state index in [0.717, 1.165) is 16.9 Å². The Labute approximate surface area is 143 Å². The minimum Gasteiger partial charge on any atom is -0.379 e. The number of carbonyl (C=O) groups is 1. The van der Waals surface area contributed by atoms with Gasteiger partial charge >= 0.3 is 0 Å². The predicted molar refractivity (Wildman–Crippen MR) is 96.5 cm³/mol. The number of nitro benzene ring substituents is 1. The Kier molecular flexibility index (Phi) is 4.56. The van der Waals surface area contributed by atoms with Crippen LogP contribution in [-0.2, 0) is 11.3 Å². The molecule has 0 radical (unpaired) electrons. The number of anilines is 2. The van der Waals surface area contributed by atoms with Gasteiger partial charge in [-0.15, -0.1) is 0 Å². The van der Waals surface area contributed by atoms with Gasteiger partial charge in [0.15, 0.2) is 0 Å². The third-order valence-corrected chi connectivity index (χ3v) is 3.70. The van der Waals surface area contributed by atoms with Crippen molar-refractivity contribution < 1.29 is 9.72 Å². The quantitative estimate of drug-likeness (QED) is 0.547. The minimum absolute atomic E-state index is 0.0355. The number of aromatic nitrogens is 1. The SMILES string of the molecule is CC(=O)Nc1ccc(CNc2ccc([N+](=O)[O-])c3cccnc23)cc1. The first kappa shape index (κ1) is 16.4. The first-order valence-electron chi connectivity index (χ1n) is 7.67. The van der Waals surface area contributed by atoms with Crippen molar-refractivity contribution in [2.24, 2.45) is 0 Å². The van der Waals surface area contributed by atoms with Gasteiger partial charge in [0.2, 0.25) is 5.91 Å². The predicted octanol–water partition coefficient (Wildman–Crippen LogP) is 3.71. The number of nitrogens with zero attached hydrogens (tertiary/aromatic N) is 2. The monoisotopic (exact) mass is 336 g/mol.